The molecule has 0 N–H and O–H groups in total. The third-order valence-electron chi connectivity index (χ3n) is 3.95. The smallest absolute Gasteiger partial charge is 0.229 e. The summed E-state index contributed by atoms with van der Waals surface area (Å²) in [4.78, 5) is -0.733. The first kappa shape index (κ1) is 15.8. The summed E-state index contributed by atoms with van der Waals surface area (Å²) in [6.45, 7) is 0. The van der Waals surface area contributed by atoms with E-state index in [1.54, 1.807) is 0 Å². The molecule has 0 amide bonds. The molecule has 1 saturated heterocycles. The number of sulfonamides is 1. The molecule has 1 aromatic rings. The summed E-state index contributed by atoms with van der Waals surface area (Å²) in [5.41, 5.74) is 0. The van der Waals surface area contributed by atoms with Gasteiger partial charge in [0.2, 0.25) is 10.0 Å². The van der Waals surface area contributed by atoms with E-state index in [1.807, 2.05) is 0 Å². The molecule has 0 aromatic heterocycles. The largest absolute Gasteiger partial charge is 0.246 e. The van der Waals surface area contributed by atoms with E-state index >= 15 is 0 Å². The summed E-state index contributed by atoms with van der Waals surface area (Å²) in [7, 11) is -7.55. The maximum Gasteiger partial charge on any atom is 0.246 e. The highest BCUT2D eigenvalue weighted by Crippen LogP contribution is 2.37. The zero-order valence-electron chi connectivity index (χ0n) is 11.6. The van der Waals surface area contributed by atoms with E-state index in [1.165, 1.54) is 0 Å². The molecule has 5 nitrogen and oxygen atoms in total. The van der Waals surface area contributed by atoms with Gasteiger partial charge in [-0.15, -0.1) is 0 Å². The van der Waals surface area contributed by atoms with Gasteiger partial charge < -0.3 is 0 Å². The Morgan fingerprint density at radius 2 is 1.77 bits per heavy atom. The van der Waals surface area contributed by atoms with Crippen molar-refractivity contribution >= 4 is 19.9 Å². The number of hydrogen-bond acceptors (Lipinski definition) is 4. The van der Waals surface area contributed by atoms with Crippen molar-refractivity contribution in [2.75, 3.05) is 11.5 Å². The van der Waals surface area contributed by atoms with Crippen LogP contribution in [0.25, 0.3) is 0 Å². The molecule has 22 heavy (non-hydrogen) atoms. The van der Waals surface area contributed by atoms with Gasteiger partial charge in [0, 0.05) is 12.1 Å². The van der Waals surface area contributed by atoms with E-state index in [-0.39, 0.29) is 24.0 Å². The Balaban J connectivity index is 2.03. The lowest BCUT2D eigenvalue weighted by Crippen LogP contribution is -2.43. The third-order valence-corrected chi connectivity index (χ3v) is 7.72. The van der Waals surface area contributed by atoms with Gasteiger partial charge in [0.25, 0.3) is 0 Å². The van der Waals surface area contributed by atoms with E-state index in [2.05, 4.69) is 0 Å². The van der Waals surface area contributed by atoms with Crippen LogP contribution >= 0.6 is 0 Å². The quantitative estimate of drug-likeness (QED) is 0.820. The molecule has 2 fully saturated rings. The normalized spacial score (nSPS) is 24.8. The first-order valence-corrected chi connectivity index (χ1v) is 10.2. The summed E-state index contributed by atoms with van der Waals surface area (Å²) in [6, 6.07) is 1.95. The molecule has 9 heteroatoms. The Hall–Kier alpha value is -1.06. The lowest BCUT2D eigenvalue weighted by atomic mass is 10.2. The van der Waals surface area contributed by atoms with Gasteiger partial charge in [-0.05, 0) is 31.4 Å². The first-order chi connectivity index (χ1) is 10.2. The predicted octanol–water partition coefficient (Wildman–Crippen LogP) is 1.30. The van der Waals surface area contributed by atoms with Gasteiger partial charge in [-0.25, -0.2) is 25.6 Å². The second-order valence-electron chi connectivity index (χ2n) is 5.67. The van der Waals surface area contributed by atoms with Crippen LogP contribution in [0.4, 0.5) is 8.78 Å². The number of rotatable bonds is 4. The molecule has 0 bridgehead atoms. The minimum atomic E-state index is -4.27. The van der Waals surface area contributed by atoms with Crippen LogP contribution < -0.4 is 0 Å². The average molecular weight is 351 g/mol. The van der Waals surface area contributed by atoms with E-state index in [9.17, 15) is 25.6 Å². The second-order valence-corrected chi connectivity index (χ2v) is 9.72. The van der Waals surface area contributed by atoms with Gasteiger partial charge in [-0.3, -0.25) is 0 Å². The molecule has 0 radical (unpaired) electrons. The van der Waals surface area contributed by atoms with Crippen LogP contribution in [0.15, 0.2) is 23.1 Å². The topological polar surface area (TPSA) is 71.5 Å². The average Bonchev–Trinajstić information content (AvgIpc) is 3.17. The van der Waals surface area contributed by atoms with Crippen molar-refractivity contribution in [1.82, 2.24) is 4.31 Å². The van der Waals surface area contributed by atoms with Crippen molar-refractivity contribution < 1.29 is 25.6 Å². The Kier molecular flexibility index (Phi) is 3.77. The summed E-state index contributed by atoms with van der Waals surface area (Å²) >= 11 is 0. The predicted molar refractivity (Wildman–Crippen MR) is 75.5 cm³/mol. The van der Waals surface area contributed by atoms with Crippen molar-refractivity contribution in [2.45, 2.75) is 36.2 Å². The first-order valence-electron chi connectivity index (χ1n) is 6.90. The molecule has 122 valence electrons. The van der Waals surface area contributed by atoms with Crippen LogP contribution in [0, 0.1) is 11.6 Å². The van der Waals surface area contributed by atoms with Gasteiger partial charge in [0.05, 0.1) is 11.5 Å². The van der Waals surface area contributed by atoms with Gasteiger partial charge in [0.1, 0.15) is 4.90 Å². The standard InChI is InChI=1S/C13H15F2NO4S2/c14-11-2-1-3-12(13(11)15)22(19,20)16(9-4-5-9)10-6-7-21(17,18)8-10/h1-3,9-10H,4-8H2. The minimum absolute atomic E-state index is 0.0813. The molecular formula is C13H15F2NO4S2. The van der Waals surface area contributed by atoms with Crippen LogP contribution in [0.1, 0.15) is 19.3 Å². The number of benzene rings is 1. The maximum absolute atomic E-state index is 13.9. The van der Waals surface area contributed by atoms with Crippen molar-refractivity contribution in [3.05, 3.63) is 29.8 Å². The monoisotopic (exact) mass is 351 g/mol. The highest BCUT2D eigenvalue weighted by Gasteiger charge is 2.47. The van der Waals surface area contributed by atoms with E-state index in [0.29, 0.717) is 12.8 Å². The van der Waals surface area contributed by atoms with Gasteiger partial charge in [-0.1, -0.05) is 6.07 Å². The molecule has 1 atom stereocenters. The Morgan fingerprint density at radius 3 is 2.32 bits per heavy atom. The van der Waals surface area contributed by atoms with E-state index < -0.39 is 42.4 Å². The molecule has 1 aliphatic heterocycles. The SMILES string of the molecule is O=S1(=O)CCC(N(C2CC2)S(=O)(=O)c2cccc(F)c2F)C1. The molecule has 0 spiro atoms. The molecular weight excluding hydrogens is 336 g/mol. The van der Waals surface area contributed by atoms with E-state index in [4.69, 9.17) is 0 Å². The van der Waals surface area contributed by atoms with Crippen LogP contribution in [0.2, 0.25) is 0 Å². The maximum atomic E-state index is 13.9. The lowest BCUT2D eigenvalue weighted by Gasteiger charge is -2.27. The van der Waals surface area contributed by atoms with Crippen molar-refractivity contribution in [1.29, 1.82) is 0 Å². The third kappa shape index (κ3) is 2.77. The zero-order chi connectivity index (χ0) is 16.1. The zero-order valence-corrected chi connectivity index (χ0v) is 13.2. The van der Waals surface area contributed by atoms with E-state index in [0.717, 1.165) is 22.5 Å². The molecule has 1 aliphatic carbocycles. The Bertz CT molecular complexity index is 803. The highest BCUT2D eigenvalue weighted by atomic mass is 32.2. The van der Waals surface area contributed by atoms with Gasteiger partial charge in [0.15, 0.2) is 21.5 Å². The number of sulfone groups is 1. The van der Waals surface area contributed by atoms with Crippen LogP contribution in [0.3, 0.4) is 0 Å². The molecule has 3 rings (SSSR count). The number of nitrogens with zero attached hydrogens (tertiary/aromatic N) is 1. The summed E-state index contributed by atoms with van der Waals surface area (Å²) in [6.07, 6.45) is 1.40. The van der Waals surface area contributed by atoms with Crippen molar-refractivity contribution in [3.8, 4) is 0 Å². The van der Waals surface area contributed by atoms with Gasteiger partial charge >= 0.3 is 0 Å². The molecule has 1 heterocycles. The van der Waals surface area contributed by atoms with Gasteiger partial charge in [-0.2, -0.15) is 4.31 Å². The highest BCUT2D eigenvalue weighted by molar-refractivity contribution is 7.92. The Morgan fingerprint density at radius 1 is 1.09 bits per heavy atom. The fourth-order valence-corrected chi connectivity index (χ4v) is 6.58. The van der Waals surface area contributed by atoms with Crippen LogP contribution in [-0.2, 0) is 19.9 Å². The Labute approximate surface area is 127 Å². The second kappa shape index (κ2) is 5.24. The van der Waals surface area contributed by atoms with Crippen LogP contribution in [-0.4, -0.2) is 44.7 Å². The molecule has 1 aromatic carbocycles. The fraction of sp³-hybridized carbons (Fsp3) is 0.538. The fourth-order valence-electron chi connectivity index (χ4n) is 2.79. The van der Waals surface area contributed by atoms with Crippen molar-refractivity contribution in [3.63, 3.8) is 0 Å². The summed E-state index contributed by atoms with van der Waals surface area (Å²) < 4.78 is 76.9. The van der Waals surface area contributed by atoms with Crippen molar-refractivity contribution in [2.24, 2.45) is 0 Å². The minimum Gasteiger partial charge on any atom is -0.229 e. The lowest BCUT2D eigenvalue weighted by molar-refractivity contribution is 0.330. The number of halogens is 2. The molecule has 1 saturated carbocycles. The number of hydrogen-bond donors (Lipinski definition) is 0. The molecule has 2 aliphatic rings. The summed E-state index contributed by atoms with van der Waals surface area (Å²) in [5.74, 6) is -3.01. The molecule has 1 unspecified atom stereocenters. The summed E-state index contributed by atoms with van der Waals surface area (Å²) in [5, 5.41) is 0. The van der Waals surface area contributed by atoms with Crippen LogP contribution in [0.5, 0.6) is 0 Å².